The second-order valence-electron chi connectivity index (χ2n) is 11.4. The van der Waals surface area contributed by atoms with Gasteiger partial charge >= 0.3 is 5.69 Å². The molecule has 9 heteroatoms. The molecule has 0 aliphatic carbocycles. The molecule has 4 atom stereocenters. The molecule has 2 rings (SSSR count). The van der Waals surface area contributed by atoms with Gasteiger partial charge in [0.25, 0.3) is 0 Å². The molecule has 0 bridgehead atoms. The molecule has 1 aromatic rings. The fourth-order valence-electron chi connectivity index (χ4n) is 5.36. The third-order valence-corrected chi connectivity index (χ3v) is 7.90. The van der Waals surface area contributed by atoms with Gasteiger partial charge in [-0.3, -0.25) is 9.36 Å². The number of aromatic nitrogens is 2. The normalized spacial score (nSPS) is 20.7. The number of anilines is 1. The van der Waals surface area contributed by atoms with E-state index in [1.54, 1.807) is 0 Å². The molecule has 0 unspecified atom stereocenters. The quantitative estimate of drug-likeness (QED) is 0.127. The van der Waals surface area contributed by atoms with Crippen molar-refractivity contribution in [1.82, 2.24) is 9.55 Å². The fraction of sp³-hybridized carbons (Fsp3) is 0.839. The Morgan fingerprint density at radius 1 is 0.825 bits per heavy atom. The number of carbonyl (C=O) groups is 1. The van der Waals surface area contributed by atoms with Gasteiger partial charge in [0.2, 0.25) is 5.91 Å². The van der Waals surface area contributed by atoms with Crippen LogP contribution in [0.2, 0.25) is 0 Å². The van der Waals surface area contributed by atoms with Gasteiger partial charge in [0.1, 0.15) is 24.1 Å². The minimum atomic E-state index is -1.37. The number of aliphatic hydroxyl groups is 3. The summed E-state index contributed by atoms with van der Waals surface area (Å²) in [7, 11) is 0. The Hall–Kier alpha value is -1.81. The molecule has 4 N–H and O–H groups in total. The highest BCUT2D eigenvalue weighted by atomic mass is 16.6. The zero-order valence-corrected chi connectivity index (χ0v) is 24.8. The summed E-state index contributed by atoms with van der Waals surface area (Å²) < 4.78 is 6.40. The molecule has 1 aliphatic rings. The first-order valence-electron chi connectivity index (χ1n) is 16.0. The first kappa shape index (κ1) is 34.4. The van der Waals surface area contributed by atoms with E-state index in [1.165, 1.54) is 115 Å². The number of amides is 1. The van der Waals surface area contributed by atoms with Crippen LogP contribution in [0.5, 0.6) is 0 Å². The Morgan fingerprint density at radius 3 is 1.73 bits per heavy atom. The fourth-order valence-corrected chi connectivity index (χ4v) is 5.36. The molecule has 0 saturated carbocycles. The highest BCUT2D eigenvalue weighted by Gasteiger charge is 2.43. The SMILES string of the molecule is CCCCCCCCCCCCCCCCCCCCCC(=O)Nc1ccn([C@@H]2O[C@@H](CO)[C@@H](O)[C@H]2O)c(=O)n1. The number of hydrogen-bond acceptors (Lipinski definition) is 7. The van der Waals surface area contributed by atoms with Gasteiger partial charge < -0.3 is 25.4 Å². The Labute approximate surface area is 240 Å². The molecule has 1 aromatic heterocycles. The number of nitrogens with zero attached hydrogens (tertiary/aromatic N) is 2. The van der Waals surface area contributed by atoms with Gasteiger partial charge in [-0.15, -0.1) is 0 Å². The van der Waals surface area contributed by atoms with Crippen LogP contribution in [0, 0.1) is 0 Å². The van der Waals surface area contributed by atoms with Crippen molar-refractivity contribution >= 4 is 11.7 Å². The molecule has 2 heterocycles. The van der Waals surface area contributed by atoms with Crippen molar-refractivity contribution in [3.63, 3.8) is 0 Å². The monoisotopic (exact) mass is 565 g/mol. The van der Waals surface area contributed by atoms with Gasteiger partial charge in [0.15, 0.2) is 6.23 Å². The minimum Gasteiger partial charge on any atom is -0.394 e. The predicted molar refractivity (Wildman–Crippen MR) is 158 cm³/mol. The summed E-state index contributed by atoms with van der Waals surface area (Å²) in [5, 5.41) is 31.8. The van der Waals surface area contributed by atoms with Crippen LogP contribution in [-0.4, -0.2) is 55.7 Å². The topological polar surface area (TPSA) is 134 Å². The molecule has 0 spiro atoms. The van der Waals surface area contributed by atoms with Crippen LogP contribution in [0.25, 0.3) is 0 Å². The second-order valence-corrected chi connectivity index (χ2v) is 11.4. The third-order valence-electron chi connectivity index (χ3n) is 7.90. The van der Waals surface area contributed by atoms with Crippen molar-refractivity contribution in [2.75, 3.05) is 11.9 Å². The first-order valence-corrected chi connectivity index (χ1v) is 16.0. The molecule has 1 amide bonds. The van der Waals surface area contributed by atoms with Crippen molar-refractivity contribution in [2.24, 2.45) is 0 Å². The van der Waals surface area contributed by atoms with Gasteiger partial charge in [-0.2, -0.15) is 4.98 Å². The van der Waals surface area contributed by atoms with Crippen LogP contribution < -0.4 is 11.0 Å². The lowest BCUT2D eigenvalue weighted by Gasteiger charge is -2.17. The summed E-state index contributed by atoms with van der Waals surface area (Å²) in [5.74, 6) is -0.0552. The van der Waals surface area contributed by atoms with E-state index < -0.39 is 36.8 Å². The highest BCUT2D eigenvalue weighted by Crippen LogP contribution is 2.28. The summed E-state index contributed by atoms with van der Waals surface area (Å²) in [4.78, 5) is 28.4. The van der Waals surface area contributed by atoms with E-state index >= 15 is 0 Å². The molecule has 40 heavy (non-hydrogen) atoms. The van der Waals surface area contributed by atoms with E-state index in [9.17, 15) is 24.9 Å². The number of aliphatic hydroxyl groups excluding tert-OH is 3. The van der Waals surface area contributed by atoms with E-state index in [0.29, 0.717) is 6.42 Å². The zero-order valence-electron chi connectivity index (χ0n) is 24.8. The maximum absolute atomic E-state index is 12.4. The molecular formula is C31H55N3O6. The molecule has 1 fully saturated rings. The van der Waals surface area contributed by atoms with E-state index in [-0.39, 0.29) is 11.7 Å². The molecule has 1 saturated heterocycles. The Kier molecular flexibility index (Phi) is 18.0. The van der Waals surface area contributed by atoms with E-state index in [0.717, 1.165) is 23.8 Å². The molecule has 9 nitrogen and oxygen atoms in total. The van der Waals surface area contributed by atoms with Gasteiger partial charge in [0, 0.05) is 12.6 Å². The summed E-state index contributed by atoms with van der Waals surface area (Å²) in [6.45, 7) is 1.79. The van der Waals surface area contributed by atoms with E-state index in [2.05, 4.69) is 17.2 Å². The van der Waals surface area contributed by atoms with Crippen molar-refractivity contribution < 1.29 is 24.9 Å². The minimum absolute atomic E-state index is 0.135. The van der Waals surface area contributed by atoms with Crippen LogP contribution >= 0.6 is 0 Å². The van der Waals surface area contributed by atoms with Gasteiger partial charge in [-0.25, -0.2) is 4.79 Å². The number of hydrogen-bond donors (Lipinski definition) is 4. The largest absolute Gasteiger partial charge is 0.394 e. The van der Waals surface area contributed by atoms with Crippen LogP contribution in [0.4, 0.5) is 5.82 Å². The van der Waals surface area contributed by atoms with Crippen LogP contribution in [0.15, 0.2) is 17.1 Å². The van der Waals surface area contributed by atoms with E-state index in [1.807, 2.05) is 0 Å². The zero-order chi connectivity index (χ0) is 29.0. The maximum atomic E-state index is 12.4. The third kappa shape index (κ3) is 13.2. The van der Waals surface area contributed by atoms with E-state index in [4.69, 9.17) is 4.74 Å². The average Bonchev–Trinajstić information content (AvgIpc) is 3.23. The lowest BCUT2D eigenvalue weighted by molar-refractivity contribution is -0.116. The van der Waals surface area contributed by atoms with Crippen molar-refractivity contribution in [2.45, 2.75) is 160 Å². The van der Waals surface area contributed by atoms with Crippen LogP contribution in [-0.2, 0) is 9.53 Å². The number of unbranched alkanes of at least 4 members (excludes halogenated alkanes) is 18. The molecule has 230 valence electrons. The highest BCUT2D eigenvalue weighted by molar-refractivity contribution is 5.89. The van der Waals surface area contributed by atoms with Gasteiger partial charge in [-0.05, 0) is 12.5 Å². The van der Waals surface area contributed by atoms with Gasteiger partial charge in [0.05, 0.1) is 6.61 Å². The Balaban J connectivity index is 1.43. The summed E-state index contributed by atoms with van der Waals surface area (Å²) >= 11 is 0. The predicted octanol–water partition coefficient (Wildman–Crippen LogP) is 5.62. The van der Waals surface area contributed by atoms with Gasteiger partial charge in [-0.1, -0.05) is 122 Å². The number of ether oxygens (including phenoxy) is 1. The molecule has 0 radical (unpaired) electrons. The Bertz CT molecular complexity index is 864. The lowest BCUT2D eigenvalue weighted by atomic mass is 10.0. The molecule has 1 aliphatic heterocycles. The summed E-state index contributed by atoms with van der Waals surface area (Å²) in [6.07, 6.45) is 21.7. The maximum Gasteiger partial charge on any atom is 0.351 e. The molecular weight excluding hydrogens is 510 g/mol. The number of nitrogens with one attached hydrogen (secondary N) is 1. The first-order chi connectivity index (χ1) is 19.5. The van der Waals surface area contributed by atoms with Crippen LogP contribution in [0.1, 0.15) is 142 Å². The Morgan fingerprint density at radius 2 is 1.30 bits per heavy atom. The van der Waals surface area contributed by atoms with Crippen LogP contribution in [0.3, 0.4) is 0 Å². The summed E-state index contributed by atoms with van der Waals surface area (Å²) in [5.41, 5.74) is -0.726. The lowest BCUT2D eigenvalue weighted by Crippen LogP contribution is -2.36. The number of rotatable bonds is 23. The molecule has 0 aromatic carbocycles. The van der Waals surface area contributed by atoms with Crippen molar-refractivity contribution in [1.29, 1.82) is 0 Å². The number of carbonyl (C=O) groups excluding carboxylic acids is 1. The smallest absolute Gasteiger partial charge is 0.351 e. The van der Waals surface area contributed by atoms with Crippen molar-refractivity contribution in [3.05, 3.63) is 22.7 Å². The van der Waals surface area contributed by atoms with Crippen molar-refractivity contribution in [3.8, 4) is 0 Å². The standard InChI is InChI=1S/C31H55N3O6/c1-2-3-4-5-6-7-8-9-10-11-12-13-14-15-16-17-18-19-20-21-27(36)32-26-22-23-34(31(39)33-26)30-29(38)28(37)25(24-35)40-30/h22-23,25,28-30,35,37-38H,2-21,24H2,1H3,(H,32,33,36,39)/t25-,28+,29+,30+/m0/s1. The second kappa shape index (κ2) is 21.0. The summed E-state index contributed by atoms with van der Waals surface area (Å²) in [6, 6.07) is 1.45. The average molecular weight is 566 g/mol.